The summed E-state index contributed by atoms with van der Waals surface area (Å²) in [6.07, 6.45) is 1.29. The van der Waals surface area contributed by atoms with Crippen molar-refractivity contribution in [3.05, 3.63) is 35.6 Å². The molecule has 1 atom stereocenters. The number of hydrogen-bond acceptors (Lipinski definition) is 2. The first kappa shape index (κ1) is 15.4. The third-order valence-electron chi connectivity index (χ3n) is 2.98. The predicted octanol–water partition coefficient (Wildman–Crippen LogP) is 3.36. The summed E-state index contributed by atoms with van der Waals surface area (Å²) in [6, 6.07) is 6.21. The molecule has 1 rings (SSSR count). The fraction of sp³-hybridized carbons (Fsp3) is 0.538. The zero-order valence-electron chi connectivity index (χ0n) is 10.4. The first-order valence-electron chi connectivity index (χ1n) is 6.00. The number of hydrogen-bond donors (Lipinski definition) is 0. The van der Waals surface area contributed by atoms with E-state index in [2.05, 4.69) is 0 Å². The lowest BCUT2D eigenvalue weighted by Crippen LogP contribution is -2.10. The van der Waals surface area contributed by atoms with Crippen LogP contribution in [0.1, 0.15) is 31.2 Å². The highest BCUT2D eigenvalue weighted by atomic mass is 35.5. The molecule has 0 aliphatic heterocycles. The van der Waals surface area contributed by atoms with Crippen molar-refractivity contribution >= 4 is 21.4 Å². The molecule has 102 valence electrons. The monoisotopic (exact) mass is 292 g/mol. The minimum absolute atomic E-state index is 0.0827. The summed E-state index contributed by atoms with van der Waals surface area (Å²) >= 11 is 5.88. The van der Waals surface area contributed by atoms with Gasteiger partial charge in [-0.3, -0.25) is 0 Å². The molecule has 1 unspecified atom stereocenters. The second kappa shape index (κ2) is 7.10. The maximum absolute atomic E-state index is 12.8. The topological polar surface area (TPSA) is 34.1 Å². The summed E-state index contributed by atoms with van der Waals surface area (Å²) < 4.78 is 35.5. The molecule has 0 bridgehead atoms. The molecule has 0 saturated carbocycles. The van der Waals surface area contributed by atoms with Gasteiger partial charge in [0.1, 0.15) is 15.7 Å². The maximum Gasteiger partial charge on any atom is 0.150 e. The van der Waals surface area contributed by atoms with Gasteiger partial charge in [-0.25, -0.2) is 12.8 Å². The summed E-state index contributed by atoms with van der Waals surface area (Å²) in [4.78, 5) is 0. The number of benzene rings is 1. The molecule has 0 aliphatic rings. The summed E-state index contributed by atoms with van der Waals surface area (Å²) in [6.45, 7) is 1.65. The standard InChI is InChI=1S/C13H18ClFO2S/c1-2-18(16,17)9-3-4-12(10-14)11-5-7-13(15)8-6-11/h5-8,12H,2-4,9-10H2,1H3. The van der Waals surface area contributed by atoms with Gasteiger partial charge in [0.05, 0.1) is 5.75 Å². The van der Waals surface area contributed by atoms with Crippen LogP contribution >= 0.6 is 11.6 Å². The van der Waals surface area contributed by atoms with Crippen LogP contribution in [-0.2, 0) is 9.84 Å². The van der Waals surface area contributed by atoms with Crippen LogP contribution < -0.4 is 0 Å². The lowest BCUT2D eigenvalue weighted by molar-refractivity contribution is 0.587. The van der Waals surface area contributed by atoms with E-state index in [1.165, 1.54) is 12.1 Å². The molecule has 0 saturated heterocycles. The van der Waals surface area contributed by atoms with Crippen LogP contribution in [0.3, 0.4) is 0 Å². The molecule has 5 heteroatoms. The Kier molecular flexibility index (Phi) is 6.09. The van der Waals surface area contributed by atoms with Crippen molar-refractivity contribution in [3.8, 4) is 0 Å². The molecule has 1 aromatic carbocycles. The summed E-state index contributed by atoms with van der Waals surface area (Å²) in [7, 11) is -2.92. The molecule has 2 nitrogen and oxygen atoms in total. The Morgan fingerprint density at radius 3 is 2.39 bits per heavy atom. The van der Waals surface area contributed by atoms with Crippen molar-refractivity contribution in [1.82, 2.24) is 0 Å². The Balaban J connectivity index is 2.55. The van der Waals surface area contributed by atoms with Gasteiger partial charge in [0, 0.05) is 11.6 Å². The zero-order valence-corrected chi connectivity index (χ0v) is 12.0. The average molecular weight is 293 g/mol. The average Bonchev–Trinajstić information content (AvgIpc) is 2.36. The molecule has 0 aliphatic carbocycles. The highest BCUT2D eigenvalue weighted by Crippen LogP contribution is 2.23. The van der Waals surface area contributed by atoms with E-state index in [0.29, 0.717) is 18.7 Å². The van der Waals surface area contributed by atoms with Gasteiger partial charge in [-0.05, 0) is 36.5 Å². The Morgan fingerprint density at radius 2 is 1.89 bits per heavy atom. The smallest absolute Gasteiger partial charge is 0.150 e. The number of alkyl halides is 1. The van der Waals surface area contributed by atoms with Crippen LogP contribution in [0.25, 0.3) is 0 Å². The van der Waals surface area contributed by atoms with Crippen molar-refractivity contribution in [1.29, 1.82) is 0 Å². The minimum atomic E-state index is -2.92. The highest BCUT2D eigenvalue weighted by molar-refractivity contribution is 7.91. The molecule has 18 heavy (non-hydrogen) atoms. The zero-order chi connectivity index (χ0) is 13.6. The third kappa shape index (κ3) is 4.94. The molecule has 0 fully saturated rings. The Labute approximate surface area is 113 Å². The SMILES string of the molecule is CCS(=O)(=O)CCCC(CCl)c1ccc(F)cc1. The fourth-order valence-electron chi connectivity index (χ4n) is 1.76. The molecule has 0 spiro atoms. The first-order valence-corrected chi connectivity index (χ1v) is 8.36. The van der Waals surface area contributed by atoms with E-state index in [1.807, 2.05) is 0 Å². The van der Waals surface area contributed by atoms with E-state index in [-0.39, 0.29) is 23.2 Å². The lowest BCUT2D eigenvalue weighted by atomic mass is 9.96. The van der Waals surface area contributed by atoms with Crippen LogP contribution in [0, 0.1) is 5.82 Å². The van der Waals surface area contributed by atoms with Gasteiger partial charge in [-0.2, -0.15) is 0 Å². The Bertz CT molecular complexity index is 456. The lowest BCUT2D eigenvalue weighted by Gasteiger charge is -2.14. The molecule has 0 aromatic heterocycles. The van der Waals surface area contributed by atoms with Crippen molar-refractivity contribution in [2.45, 2.75) is 25.7 Å². The van der Waals surface area contributed by atoms with E-state index in [1.54, 1.807) is 19.1 Å². The fourth-order valence-corrected chi connectivity index (χ4v) is 2.99. The quantitative estimate of drug-likeness (QED) is 0.722. The minimum Gasteiger partial charge on any atom is -0.229 e. The largest absolute Gasteiger partial charge is 0.229 e. The molecular formula is C13H18ClFO2S. The van der Waals surface area contributed by atoms with Crippen LogP contribution in [0.15, 0.2) is 24.3 Å². The highest BCUT2D eigenvalue weighted by Gasteiger charge is 2.13. The van der Waals surface area contributed by atoms with Gasteiger partial charge >= 0.3 is 0 Å². The second-order valence-electron chi connectivity index (χ2n) is 4.28. The van der Waals surface area contributed by atoms with Gasteiger partial charge in [0.25, 0.3) is 0 Å². The molecule has 0 heterocycles. The molecular weight excluding hydrogens is 275 g/mol. The van der Waals surface area contributed by atoms with Crippen molar-refractivity contribution in [2.75, 3.05) is 17.4 Å². The van der Waals surface area contributed by atoms with E-state index in [0.717, 1.165) is 5.56 Å². The van der Waals surface area contributed by atoms with E-state index >= 15 is 0 Å². The molecule has 0 N–H and O–H groups in total. The van der Waals surface area contributed by atoms with Crippen LogP contribution in [-0.4, -0.2) is 25.8 Å². The van der Waals surface area contributed by atoms with Crippen LogP contribution in [0.5, 0.6) is 0 Å². The van der Waals surface area contributed by atoms with E-state index < -0.39 is 9.84 Å². The first-order chi connectivity index (χ1) is 8.48. The summed E-state index contributed by atoms with van der Waals surface area (Å²) in [5, 5.41) is 0. The van der Waals surface area contributed by atoms with Gasteiger partial charge in [0.15, 0.2) is 0 Å². The third-order valence-corrected chi connectivity index (χ3v) is 5.14. The summed E-state index contributed by atoms with van der Waals surface area (Å²) in [5.74, 6) is 0.588. The second-order valence-corrected chi connectivity index (χ2v) is 7.06. The van der Waals surface area contributed by atoms with Crippen molar-refractivity contribution < 1.29 is 12.8 Å². The van der Waals surface area contributed by atoms with Crippen molar-refractivity contribution in [3.63, 3.8) is 0 Å². The molecule has 0 radical (unpaired) electrons. The number of rotatable bonds is 7. The van der Waals surface area contributed by atoms with Gasteiger partial charge < -0.3 is 0 Å². The molecule has 0 amide bonds. The van der Waals surface area contributed by atoms with Crippen LogP contribution in [0.2, 0.25) is 0 Å². The predicted molar refractivity (Wildman–Crippen MR) is 73.4 cm³/mol. The normalized spacial score (nSPS) is 13.5. The van der Waals surface area contributed by atoms with Gasteiger partial charge in [-0.1, -0.05) is 19.1 Å². The Hall–Kier alpha value is -0.610. The van der Waals surface area contributed by atoms with E-state index in [9.17, 15) is 12.8 Å². The van der Waals surface area contributed by atoms with Crippen LogP contribution in [0.4, 0.5) is 4.39 Å². The number of sulfone groups is 1. The van der Waals surface area contributed by atoms with Gasteiger partial charge in [-0.15, -0.1) is 11.6 Å². The maximum atomic E-state index is 12.8. The van der Waals surface area contributed by atoms with E-state index in [4.69, 9.17) is 11.6 Å². The summed E-state index contributed by atoms with van der Waals surface area (Å²) in [5.41, 5.74) is 0.959. The molecule has 1 aromatic rings. The number of halogens is 2. The van der Waals surface area contributed by atoms with Gasteiger partial charge in [0.2, 0.25) is 0 Å². The Morgan fingerprint density at radius 1 is 1.28 bits per heavy atom. The van der Waals surface area contributed by atoms with Crippen molar-refractivity contribution in [2.24, 2.45) is 0 Å².